The lowest BCUT2D eigenvalue weighted by Gasteiger charge is -2.09. The number of rotatable bonds is 5. The lowest BCUT2D eigenvalue weighted by Crippen LogP contribution is -2.06. The van der Waals surface area contributed by atoms with E-state index in [1.54, 1.807) is 6.20 Å². The summed E-state index contributed by atoms with van der Waals surface area (Å²) < 4.78 is 4.26. The standard InChI is InChI=1S/C15H17N5/c1-13-17-18-15(14-6-3-2-4-7-14)20(13)10-5-9-19-11-8-16-12-19/h2-4,6-8,11-12H,5,9-10H2,1H3. The Morgan fingerprint density at radius 2 is 1.90 bits per heavy atom. The monoisotopic (exact) mass is 267 g/mol. The van der Waals surface area contributed by atoms with Gasteiger partial charge in [0.2, 0.25) is 0 Å². The number of hydrogen-bond donors (Lipinski definition) is 0. The molecule has 0 aliphatic rings. The first-order valence-electron chi connectivity index (χ1n) is 6.75. The minimum Gasteiger partial charge on any atom is -0.337 e. The van der Waals surface area contributed by atoms with Crippen molar-refractivity contribution in [1.82, 2.24) is 24.3 Å². The van der Waals surface area contributed by atoms with Crippen molar-refractivity contribution in [3.63, 3.8) is 0 Å². The van der Waals surface area contributed by atoms with Crippen molar-refractivity contribution in [2.24, 2.45) is 0 Å². The molecule has 0 N–H and O–H groups in total. The van der Waals surface area contributed by atoms with Crippen LogP contribution in [0.3, 0.4) is 0 Å². The van der Waals surface area contributed by atoms with E-state index >= 15 is 0 Å². The quantitative estimate of drug-likeness (QED) is 0.713. The maximum Gasteiger partial charge on any atom is 0.163 e. The van der Waals surface area contributed by atoms with Crippen molar-refractivity contribution in [3.8, 4) is 11.4 Å². The molecule has 0 aliphatic heterocycles. The molecule has 5 heteroatoms. The lowest BCUT2D eigenvalue weighted by atomic mass is 10.2. The highest BCUT2D eigenvalue weighted by Gasteiger charge is 2.10. The van der Waals surface area contributed by atoms with Crippen LogP contribution in [0, 0.1) is 6.92 Å². The van der Waals surface area contributed by atoms with Crippen LogP contribution in [0.15, 0.2) is 49.1 Å². The Hall–Kier alpha value is -2.43. The van der Waals surface area contributed by atoms with Crippen molar-refractivity contribution >= 4 is 0 Å². The van der Waals surface area contributed by atoms with Crippen LogP contribution < -0.4 is 0 Å². The van der Waals surface area contributed by atoms with E-state index in [0.717, 1.165) is 36.7 Å². The topological polar surface area (TPSA) is 48.5 Å². The molecule has 0 atom stereocenters. The zero-order valence-electron chi connectivity index (χ0n) is 11.5. The van der Waals surface area contributed by atoms with Crippen LogP contribution in [0.5, 0.6) is 0 Å². The third kappa shape index (κ3) is 2.61. The van der Waals surface area contributed by atoms with Gasteiger partial charge in [-0.2, -0.15) is 0 Å². The Balaban J connectivity index is 1.74. The molecular weight excluding hydrogens is 250 g/mol. The molecule has 0 radical (unpaired) electrons. The van der Waals surface area contributed by atoms with Crippen molar-refractivity contribution in [3.05, 3.63) is 54.9 Å². The molecule has 3 rings (SSSR count). The number of aryl methyl sites for hydroxylation is 2. The van der Waals surface area contributed by atoms with E-state index in [-0.39, 0.29) is 0 Å². The highest BCUT2D eigenvalue weighted by molar-refractivity contribution is 5.54. The summed E-state index contributed by atoms with van der Waals surface area (Å²) in [4.78, 5) is 4.05. The van der Waals surface area contributed by atoms with Crippen LogP contribution in [-0.2, 0) is 13.1 Å². The molecule has 0 aliphatic carbocycles. The molecule has 0 amide bonds. The van der Waals surface area contributed by atoms with Gasteiger partial charge in [-0.15, -0.1) is 10.2 Å². The molecule has 3 aromatic rings. The van der Waals surface area contributed by atoms with Crippen molar-refractivity contribution in [2.75, 3.05) is 0 Å². The summed E-state index contributed by atoms with van der Waals surface area (Å²) >= 11 is 0. The first-order chi connectivity index (χ1) is 9.84. The Kier molecular flexibility index (Phi) is 3.58. The van der Waals surface area contributed by atoms with E-state index in [4.69, 9.17) is 0 Å². The third-order valence-corrected chi connectivity index (χ3v) is 3.32. The Morgan fingerprint density at radius 3 is 2.65 bits per heavy atom. The van der Waals surface area contributed by atoms with Crippen LogP contribution in [0.25, 0.3) is 11.4 Å². The number of aromatic nitrogens is 5. The molecular formula is C15H17N5. The van der Waals surface area contributed by atoms with Gasteiger partial charge in [-0.05, 0) is 13.3 Å². The smallest absolute Gasteiger partial charge is 0.163 e. The summed E-state index contributed by atoms with van der Waals surface area (Å²) in [6.45, 7) is 3.85. The SMILES string of the molecule is Cc1nnc(-c2ccccc2)n1CCCn1ccnc1. The summed E-state index contributed by atoms with van der Waals surface area (Å²) in [5.74, 6) is 1.89. The fraction of sp³-hybridized carbons (Fsp3) is 0.267. The number of benzene rings is 1. The third-order valence-electron chi connectivity index (χ3n) is 3.32. The van der Waals surface area contributed by atoms with Crippen molar-refractivity contribution in [2.45, 2.75) is 26.4 Å². The Morgan fingerprint density at radius 1 is 1.05 bits per heavy atom. The molecule has 20 heavy (non-hydrogen) atoms. The second-order valence-corrected chi connectivity index (χ2v) is 4.74. The van der Waals surface area contributed by atoms with Crippen LogP contribution in [0.1, 0.15) is 12.2 Å². The van der Waals surface area contributed by atoms with E-state index in [9.17, 15) is 0 Å². The fourth-order valence-corrected chi connectivity index (χ4v) is 2.28. The predicted octanol–water partition coefficient (Wildman–Crippen LogP) is 2.54. The second kappa shape index (κ2) is 5.69. The minimum atomic E-state index is 0.904. The average molecular weight is 267 g/mol. The summed E-state index contributed by atoms with van der Waals surface area (Å²) in [7, 11) is 0. The van der Waals surface area contributed by atoms with Gasteiger partial charge in [0, 0.05) is 31.0 Å². The summed E-state index contributed by atoms with van der Waals surface area (Å²) in [5, 5.41) is 8.50. The molecule has 0 spiro atoms. The first kappa shape index (κ1) is 12.6. The zero-order chi connectivity index (χ0) is 13.8. The van der Waals surface area contributed by atoms with Gasteiger partial charge in [0.25, 0.3) is 0 Å². The van der Waals surface area contributed by atoms with E-state index in [0.29, 0.717) is 0 Å². The van der Waals surface area contributed by atoms with Crippen molar-refractivity contribution in [1.29, 1.82) is 0 Å². The number of hydrogen-bond acceptors (Lipinski definition) is 3. The molecule has 2 aromatic heterocycles. The summed E-state index contributed by atoms with van der Waals surface area (Å²) in [6.07, 6.45) is 6.66. The molecule has 1 aromatic carbocycles. The maximum absolute atomic E-state index is 4.30. The molecule has 0 unspecified atom stereocenters. The van der Waals surface area contributed by atoms with Gasteiger partial charge in [0.1, 0.15) is 5.82 Å². The summed E-state index contributed by atoms with van der Waals surface area (Å²) in [5.41, 5.74) is 1.11. The fourth-order valence-electron chi connectivity index (χ4n) is 2.28. The van der Waals surface area contributed by atoms with Gasteiger partial charge < -0.3 is 9.13 Å². The van der Waals surface area contributed by atoms with E-state index in [1.807, 2.05) is 37.6 Å². The average Bonchev–Trinajstić information content (AvgIpc) is 3.11. The van der Waals surface area contributed by atoms with E-state index < -0.39 is 0 Å². The molecule has 0 saturated heterocycles. The molecule has 0 fully saturated rings. The molecule has 102 valence electrons. The molecule has 5 nitrogen and oxygen atoms in total. The van der Waals surface area contributed by atoms with Crippen LogP contribution in [-0.4, -0.2) is 24.3 Å². The lowest BCUT2D eigenvalue weighted by molar-refractivity contribution is 0.557. The number of nitrogens with zero attached hydrogens (tertiary/aromatic N) is 5. The summed E-state index contributed by atoms with van der Waals surface area (Å²) in [6, 6.07) is 10.2. The Labute approximate surface area is 117 Å². The molecule has 0 saturated carbocycles. The predicted molar refractivity (Wildman–Crippen MR) is 77.0 cm³/mol. The van der Waals surface area contributed by atoms with Gasteiger partial charge in [-0.3, -0.25) is 0 Å². The maximum atomic E-state index is 4.30. The largest absolute Gasteiger partial charge is 0.337 e. The van der Waals surface area contributed by atoms with E-state index in [2.05, 4.69) is 36.4 Å². The highest BCUT2D eigenvalue weighted by atomic mass is 15.3. The molecule has 0 bridgehead atoms. The first-order valence-corrected chi connectivity index (χ1v) is 6.75. The normalized spacial score (nSPS) is 10.8. The van der Waals surface area contributed by atoms with Crippen LogP contribution >= 0.6 is 0 Å². The Bertz CT molecular complexity index is 655. The van der Waals surface area contributed by atoms with Gasteiger partial charge in [0.05, 0.1) is 6.33 Å². The van der Waals surface area contributed by atoms with E-state index in [1.165, 1.54) is 0 Å². The number of imidazole rings is 1. The minimum absolute atomic E-state index is 0.904. The van der Waals surface area contributed by atoms with Gasteiger partial charge in [0.15, 0.2) is 5.82 Å². The highest BCUT2D eigenvalue weighted by Crippen LogP contribution is 2.18. The van der Waals surface area contributed by atoms with Crippen molar-refractivity contribution < 1.29 is 0 Å². The van der Waals surface area contributed by atoms with Gasteiger partial charge >= 0.3 is 0 Å². The zero-order valence-corrected chi connectivity index (χ0v) is 11.5. The van der Waals surface area contributed by atoms with Gasteiger partial charge in [-0.25, -0.2) is 4.98 Å². The van der Waals surface area contributed by atoms with Crippen LogP contribution in [0.4, 0.5) is 0 Å². The van der Waals surface area contributed by atoms with Crippen LogP contribution in [0.2, 0.25) is 0 Å². The second-order valence-electron chi connectivity index (χ2n) is 4.74. The molecule has 2 heterocycles. The van der Waals surface area contributed by atoms with Gasteiger partial charge in [-0.1, -0.05) is 30.3 Å².